The van der Waals surface area contributed by atoms with Gasteiger partial charge in [-0.3, -0.25) is 0 Å². The highest BCUT2D eigenvalue weighted by Gasteiger charge is 2.17. The van der Waals surface area contributed by atoms with E-state index in [1.54, 1.807) is 0 Å². The van der Waals surface area contributed by atoms with E-state index in [0.717, 1.165) is 28.7 Å². The molecule has 0 amide bonds. The van der Waals surface area contributed by atoms with E-state index in [-0.39, 0.29) is 0 Å². The molecular weight excluding hydrogens is 288 g/mol. The number of hydrogen-bond donors (Lipinski definition) is 1. The number of nitrogens with zero attached hydrogens (tertiary/aromatic N) is 1. The molecule has 1 aromatic heterocycles. The fourth-order valence-corrected chi connectivity index (χ4v) is 3.05. The number of hydrogen-bond acceptors (Lipinski definition) is 2. The van der Waals surface area contributed by atoms with Gasteiger partial charge in [-0.15, -0.1) is 0 Å². The van der Waals surface area contributed by atoms with Gasteiger partial charge in [0.05, 0.1) is 4.47 Å². The zero-order valence-corrected chi connectivity index (χ0v) is 13.0. The van der Waals surface area contributed by atoms with Crippen molar-refractivity contribution in [1.82, 2.24) is 4.98 Å². The lowest BCUT2D eigenvalue weighted by Gasteiger charge is -2.26. The third kappa shape index (κ3) is 3.71. The molecule has 0 saturated heterocycles. The Morgan fingerprint density at radius 1 is 1.33 bits per heavy atom. The maximum atomic E-state index is 4.38. The van der Waals surface area contributed by atoms with Gasteiger partial charge in [0, 0.05) is 12.7 Å². The predicted molar refractivity (Wildman–Crippen MR) is 80.9 cm³/mol. The van der Waals surface area contributed by atoms with Crippen LogP contribution in [0.3, 0.4) is 0 Å². The number of nitrogens with one attached hydrogen (secondary N) is 1. The van der Waals surface area contributed by atoms with Gasteiger partial charge in [-0.2, -0.15) is 0 Å². The summed E-state index contributed by atoms with van der Waals surface area (Å²) in [5.74, 6) is 2.85. The molecule has 0 radical (unpaired) electrons. The number of pyridine rings is 1. The standard InChI is InChI=1S/C15H23BrN2/c1-11-3-5-13(6-4-11)8-10-18-15-14(16)12(2)7-9-17-15/h7,9,11,13H,3-6,8,10H2,1-2H3,(H,17,18). The molecule has 2 nitrogen and oxygen atoms in total. The molecule has 1 aliphatic carbocycles. The van der Waals surface area contributed by atoms with Gasteiger partial charge in [0.25, 0.3) is 0 Å². The second-order valence-corrected chi connectivity index (χ2v) is 6.42. The summed E-state index contributed by atoms with van der Waals surface area (Å²) in [4.78, 5) is 4.38. The van der Waals surface area contributed by atoms with Crippen LogP contribution in [0.1, 0.15) is 44.6 Å². The largest absolute Gasteiger partial charge is 0.369 e. The number of halogens is 1. The minimum absolute atomic E-state index is 0.914. The summed E-state index contributed by atoms with van der Waals surface area (Å²) in [5, 5.41) is 3.45. The normalized spacial score (nSPS) is 23.9. The molecule has 0 atom stereocenters. The van der Waals surface area contributed by atoms with Gasteiger partial charge in [-0.25, -0.2) is 4.98 Å². The second kappa shape index (κ2) is 6.55. The minimum atomic E-state index is 0.914. The molecule has 18 heavy (non-hydrogen) atoms. The van der Waals surface area contributed by atoms with Crippen molar-refractivity contribution in [2.75, 3.05) is 11.9 Å². The molecule has 2 rings (SSSR count). The highest BCUT2D eigenvalue weighted by atomic mass is 79.9. The molecule has 0 aliphatic heterocycles. The van der Waals surface area contributed by atoms with Gasteiger partial charge < -0.3 is 5.32 Å². The van der Waals surface area contributed by atoms with Crippen LogP contribution in [0.2, 0.25) is 0 Å². The fraction of sp³-hybridized carbons (Fsp3) is 0.667. The molecule has 0 aromatic carbocycles. The average Bonchev–Trinajstić information content (AvgIpc) is 2.37. The number of aromatic nitrogens is 1. The van der Waals surface area contributed by atoms with E-state index >= 15 is 0 Å². The summed E-state index contributed by atoms with van der Waals surface area (Å²) in [6.45, 7) is 5.51. The lowest BCUT2D eigenvalue weighted by atomic mass is 9.81. The van der Waals surface area contributed by atoms with Crippen molar-refractivity contribution < 1.29 is 0 Å². The van der Waals surface area contributed by atoms with Gasteiger partial charge in [-0.05, 0) is 52.7 Å². The van der Waals surface area contributed by atoms with Crippen LogP contribution in [0.15, 0.2) is 16.7 Å². The van der Waals surface area contributed by atoms with Crippen molar-refractivity contribution in [2.45, 2.75) is 46.0 Å². The van der Waals surface area contributed by atoms with E-state index in [1.165, 1.54) is 37.7 Å². The Morgan fingerprint density at radius 3 is 2.78 bits per heavy atom. The second-order valence-electron chi connectivity index (χ2n) is 5.63. The monoisotopic (exact) mass is 310 g/mol. The topological polar surface area (TPSA) is 24.9 Å². The van der Waals surface area contributed by atoms with Gasteiger partial charge in [0.15, 0.2) is 0 Å². The maximum Gasteiger partial charge on any atom is 0.140 e. The summed E-state index contributed by atoms with van der Waals surface area (Å²) in [7, 11) is 0. The van der Waals surface area contributed by atoms with Crippen LogP contribution in [-0.4, -0.2) is 11.5 Å². The molecule has 1 N–H and O–H groups in total. The molecular formula is C15H23BrN2. The van der Waals surface area contributed by atoms with Gasteiger partial charge in [0.2, 0.25) is 0 Å². The molecule has 0 unspecified atom stereocenters. The van der Waals surface area contributed by atoms with E-state index in [9.17, 15) is 0 Å². The van der Waals surface area contributed by atoms with Crippen LogP contribution >= 0.6 is 15.9 Å². The van der Waals surface area contributed by atoms with Crippen LogP contribution in [-0.2, 0) is 0 Å². The Morgan fingerprint density at radius 2 is 2.06 bits per heavy atom. The highest BCUT2D eigenvalue weighted by Crippen LogP contribution is 2.30. The van der Waals surface area contributed by atoms with Crippen molar-refractivity contribution in [3.8, 4) is 0 Å². The van der Waals surface area contributed by atoms with E-state index in [1.807, 2.05) is 12.3 Å². The summed E-state index contributed by atoms with van der Waals surface area (Å²) in [5.41, 5.74) is 1.24. The molecule has 1 saturated carbocycles. The molecule has 3 heteroatoms. The third-order valence-electron chi connectivity index (χ3n) is 4.06. The molecule has 0 bridgehead atoms. The molecule has 1 heterocycles. The van der Waals surface area contributed by atoms with Gasteiger partial charge in [-0.1, -0.05) is 32.6 Å². The van der Waals surface area contributed by atoms with Crippen molar-refractivity contribution in [1.29, 1.82) is 0 Å². The Labute approximate surface area is 119 Å². The summed E-state index contributed by atoms with van der Waals surface area (Å²) in [6, 6.07) is 2.03. The first-order chi connectivity index (χ1) is 8.66. The Hall–Kier alpha value is -0.570. The van der Waals surface area contributed by atoms with E-state index in [0.29, 0.717) is 0 Å². The van der Waals surface area contributed by atoms with Crippen LogP contribution in [0.4, 0.5) is 5.82 Å². The van der Waals surface area contributed by atoms with Crippen LogP contribution < -0.4 is 5.32 Å². The summed E-state index contributed by atoms with van der Waals surface area (Å²) in [6.07, 6.45) is 8.78. The lowest BCUT2D eigenvalue weighted by Crippen LogP contribution is -2.16. The molecule has 1 fully saturated rings. The quantitative estimate of drug-likeness (QED) is 0.865. The summed E-state index contributed by atoms with van der Waals surface area (Å²) < 4.78 is 1.10. The van der Waals surface area contributed by atoms with Crippen molar-refractivity contribution in [2.24, 2.45) is 11.8 Å². The Kier molecular flexibility index (Phi) is 5.04. The first kappa shape index (κ1) is 13.9. The SMILES string of the molecule is Cc1ccnc(NCCC2CCC(C)CC2)c1Br. The summed E-state index contributed by atoms with van der Waals surface area (Å²) >= 11 is 3.59. The maximum absolute atomic E-state index is 4.38. The number of rotatable bonds is 4. The van der Waals surface area contributed by atoms with Crippen molar-refractivity contribution >= 4 is 21.7 Å². The minimum Gasteiger partial charge on any atom is -0.369 e. The van der Waals surface area contributed by atoms with Crippen molar-refractivity contribution in [3.63, 3.8) is 0 Å². The first-order valence-corrected chi connectivity index (χ1v) is 7.81. The average molecular weight is 311 g/mol. The van der Waals surface area contributed by atoms with Crippen LogP contribution in [0, 0.1) is 18.8 Å². The van der Waals surface area contributed by atoms with Gasteiger partial charge >= 0.3 is 0 Å². The third-order valence-corrected chi connectivity index (χ3v) is 5.06. The number of anilines is 1. The zero-order chi connectivity index (χ0) is 13.0. The molecule has 1 aromatic rings. The predicted octanol–water partition coefficient (Wildman–Crippen LogP) is 4.78. The van der Waals surface area contributed by atoms with Crippen LogP contribution in [0.25, 0.3) is 0 Å². The van der Waals surface area contributed by atoms with Crippen molar-refractivity contribution in [3.05, 3.63) is 22.3 Å². The molecule has 0 spiro atoms. The Balaban J connectivity index is 1.77. The molecule has 100 valence electrons. The Bertz CT molecular complexity index is 384. The van der Waals surface area contributed by atoms with Gasteiger partial charge in [0.1, 0.15) is 5.82 Å². The lowest BCUT2D eigenvalue weighted by molar-refractivity contribution is 0.282. The van der Waals surface area contributed by atoms with E-state index < -0.39 is 0 Å². The number of aryl methyl sites for hydroxylation is 1. The smallest absolute Gasteiger partial charge is 0.140 e. The molecule has 1 aliphatic rings. The van der Waals surface area contributed by atoms with E-state index in [2.05, 4.69) is 40.1 Å². The zero-order valence-electron chi connectivity index (χ0n) is 11.4. The fourth-order valence-electron chi connectivity index (χ4n) is 2.68. The first-order valence-electron chi connectivity index (χ1n) is 7.01. The highest BCUT2D eigenvalue weighted by molar-refractivity contribution is 9.10. The van der Waals surface area contributed by atoms with E-state index in [4.69, 9.17) is 0 Å². The van der Waals surface area contributed by atoms with Crippen LogP contribution in [0.5, 0.6) is 0 Å².